The Morgan fingerprint density at radius 3 is 2.70 bits per heavy atom. The molecule has 0 aliphatic heterocycles. The number of hydrogen-bond acceptors (Lipinski definition) is 4. The topological polar surface area (TPSA) is 41.6 Å². The number of ether oxygens (including phenoxy) is 1. The molecule has 1 aromatic carbocycles. The van der Waals surface area contributed by atoms with Crippen molar-refractivity contribution in [2.45, 2.75) is 33.2 Å². The fourth-order valence-corrected chi connectivity index (χ4v) is 2.15. The zero-order valence-electron chi connectivity index (χ0n) is 13.0. The number of anilines is 1. The second-order valence-electron chi connectivity index (χ2n) is 4.91. The van der Waals surface area contributed by atoms with E-state index in [4.69, 9.17) is 4.74 Å². The Balaban J connectivity index is 2.79. The number of hydrogen-bond donors (Lipinski definition) is 1. The van der Waals surface area contributed by atoms with Crippen LogP contribution in [0.1, 0.15) is 25.8 Å². The Hall–Kier alpha value is -1.55. The first-order valence-electron chi connectivity index (χ1n) is 7.25. The van der Waals surface area contributed by atoms with Gasteiger partial charge in [-0.1, -0.05) is 19.1 Å². The number of carbonyl (C=O) groups is 1. The Kier molecular flexibility index (Phi) is 7.09. The lowest BCUT2D eigenvalue weighted by Gasteiger charge is -2.28. The molecule has 0 aliphatic rings. The van der Waals surface area contributed by atoms with Crippen molar-refractivity contribution in [1.29, 1.82) is 0 Å². The van der Waals surface area contributed by atoms with Gasteiger partial charge in [0, 0.05) is 18.8 Å². The number of esters is 1. The second kappa shape index (κ2) is 8.59. The fourth-order valence-electron chi connectivity index (χ4n) is 2.15. The molecular weight excluding hydrogens is 252 g/mol. The number of rotatable bonds is 8. The van der Waals surface area contributed by atoms with Gasteiger partial charge in [0.05, 0.1) is 7.11 Å². The summed E-state index contributed by atoms with van der Waals surface area (Å²) in [5, 5.41) is 3.25. The molecule has 0 bridgehead atoms. The van der Waals surface area contributed by atoms with Gasteiger partial charge >= 0.3 is 5.97 Å². The van der Waals surface area contributed by atoms with Crippen molar-refractivity contribution in [3.63, 3.8) is 0 Å². The quantitative estimate of drug-likeness (QED) is 0.741. The van der Waals surface area contributed by atoms with Crippen LogP contribution >= 0.6 is 0 Å². The summed E-state index contributed by atoms with van der Waals surface area (Å²) in [5.74, 6) is -0.204. The molecule has 0 heterocycles. The molecule has 1 aromatic rings. The van der Waals surface area contributed by atoms with Gasteiger partial charge < -0.3 is 15.0 Å². The number of benzene rings is 1. The predicted octanol–water partition coefficient (Wildman–Crippen LogP) is 2.36. The summed E-state index contributed by atoms with van der Waals surface area (Å²) in [4.78, 5) is 14.0. The van der Waals surface area contributed by atoms with Crippen LogP contribution in [0.3, 0.4) is 0 Å². The van der Waals surface area contributed by atoms with Crippen LogP contribution in [0.4, 0.5) is 5.69 Å². The Bertz CT molecular complexity index is 421. The van der Waals surface area contributed by atoms with Crippen molar-refractivity contribution in [2.75, 3.05) is 31.6 Å². The SMILES string of the molecule is CCCNC(CN(CC)c1cccc(C)c1)C(=O)OC. The summed E-state index contributed by atoms with van der Waals surface area (Å²) in [6.45, 7) is 8.53. The molecule has 0 fully saturated rings. The lowest BCUT2D eigenvalue weighted by Crippen LogP contribution is -2.47. The van der Waals surface area contributed by atoms with Crippen molar-refractivity contribution < 1.29 is 9.53 Å². The van der Waals surface area contributed by atoms with E-state index >= 15 is 0 Å². The molecule has 0 amide bonds. The number of nitrogens with zero attached hydrogens (tertiary/aromatic N) is 1. The molecule has 1 N–H and O–H groups in total. The van der Waals surface area contributed by atoms with Gasteiger partial charge in [-0.3, -0.25) is 4.79 Å². The summed E-state index contributed by atoms with van der Waals surface area (Å²) in [6.07, 6.45) is 0.990. The van der Waals surface area contributed by atoms with Crippen molar-refractivity contribution in [1.82, 2.24) is 5.32 Å². The highest BCUT2D eigenvalue weighted by molar-refractivity contribution is 5.76. The smallest absolute Gasteiger partial charge is 0.324 e. The van der Waals surface area contributed by atoms with Crippen LogP contribution in [-0.2, 0) is 9.53 Å². The number of likely N-dealkylation sites (N-methyl/N-ethyl adjacent to an activating group) is 1. The van der Waals surface area contributed by atoms with E-state index in [0.29, 0.717) is 6.54 Å². The van der Waals surface area contributed by atoms with E-state index in [1.165, 1.54) is 12.7 Å². The maximum absolute atomic E-state index is 11.9. The van der Waals surface area contributed by atoms with E-state index < -0.39 is 0 Å². The van der Waals surface area contributed by atoms with Gasteiger partial charge in [0.2, 0.25) is 0 Å². The molecular formula is C16H26N2O2. The average molecular weight is 278 g/mol. The molecule has 0 aliphatic carbocycles. The molecule has 112 valence electrons. The third-order valence-corrected chi connectivity index (χ3v) is 3.28. The molecule has 0 aromatic heterocycles. The number of aryl methyl sites for hydroxylation is 1. The van der Waals surface area contributed by atoms with Crippen LogP contribution in [0.25, 0.3) is 0 Å². The number of nitrogens with one attached hydrogen (secondary N) is 1. The molecule has 0 saturated carbocycles. The van der Waals surface area contributed by atoms with Crippen LogP contribution in [0.2, 0.25) is 0 Å². The minimum absolute atomic E-state index is 0.204. The molecule has 4 heteroatoms. The van der Waals surface area contributed by atoms with E-state index in [1.54, 1.807) is 0 Å². The highest BCUT2D eigenvalue weighted by Crippen LogP contribution is 2.16. The maximum atomic E-state index is 11.9. The Morgan fingerprint density at radius 1 is 1.40 bits per heavy atom. The minimum Gasteiger partial charge on any atom is -0.468 e. The molecule has 0 saturated heterocycles. The summed E-state index contributed by atoms with van der Waals surface area (Å²) < 4.78 is 4.89. The summed E-state index contributed by atoms with van der Waals surface area (Å²) >= 11 is 0. The third-order valence-electron chi connectivity index (χ3n) is 3.28. The predicted molar refractivity (Wildman–Crippen MR) is 83.2 cm³/mol. The molecule has 1 rings (SSSR count). The van der Waals surface area contributed by atoms with Gasteiger partial charge in [-0.05, 0) is 44.5 Å². The second-order valence-corrected chi connectivity index (χ2v) is 4.91. The van der Waals surface area contributed by atoms with Gasteiger partial charge in [0.25, 0.3) is 0 Å². The van der Waals surface area contributed by atoms with Crippen molar-refractivity contribution in [2.24, 2.45) is 0 Å². The highest BCUT2D eigenvalue weighted by Gasteiger charge is 2.21. The number of carbonyl (C=O) groups excluding carboxylic acids is 1. The van der Waals surface area contributed by atoms with Gasteiger partial charge in [-0.2, -0.15) is 0 Å². The van der Waals surface area contributed by atoms with Crippen LogP contribution in [0.5, 0.6) is 0 Å². The van der Waals surface area contributed by atoms with E-state index in [0.717, 1.165) is 25.2 Å². The Labute approximate surface area is 122 Å². The van der Waals surface area contributed by atoms with E-state index in [-0.39, 0.29) is 12.0 Å². The largest absolute Gasteiger partial charge is 0.468 e. The zero-order chi connectivity index (χ0) is 15.0. The molecule has 0 radical (unpaired) electrons. The minimum atomic E-state index is -0.291. The van der Waals surface area contributed by atoms with Gasteiger partial charge in [0.15, 0.2) is 0 Å². The molecule has 20 heavy (non-hydrogen) atoms. The standard InChI is InChI=1S/C16H26N2O2/c1-5-10-17-15(16(19)20-4)12-18(6-2)14-9-7-8-13(3)11-14/h7-9,11,15,17H,5-6,10,12H2,1-4H3. The summed E-state index contributed by atoms with van der Waals surface area (Å²) in [5.41, 5.74) is 2.36. The van der Waals surface area contributed by atoms with Gasteiger partial charge in [-0.15, -0.1) is 0 Å². The third kappa shape index (κ3) is 4.85. The normalized spacial score (nSPS) is 12.0. The first kappa shape index (κ1) is 16.5. The first-order chi connectivity index (χ1) is 9.62. The molecule has 1 atom stereocenters. The summed E-state index contributed by atoms with van der Waals surface area (Å²) in [7, 11) is 1.44. The van der Waals surface area contributed by atoms with Gasteiger partial charge in [0.1, 0.15) is 6.04 Å². The van der Waals surface area contributed by atoms with Crippen LogP contribution < -0.4 is 10.2 Å². The number of methoxy groups -OCH3 is 1. The first-order valence-corrected chi connectivity index (χ1v) is 7.25. The highest BCUT2D eigenvalue weighted by atomic mass is 16.5. The lowest BCUT2D eigenvalue weighted by molar-refractivity contribution is -0.142. The van der Waals surface area contributed by atoms with E-state index in [9.17, 15) is 4.79 Å². The lowest BCUT2D eigenvalue weighted by atomic mass is 10.2. The fraction of sp³-hybridized carbons (Fsp3) is 0.562. The van der Waals surface area contributed by atoms with Crippen LogP contribution in [-0.4, -0.2) is 38.8 Å². The zero-order valence-corrected chi connectivity index (χ0v) is 13.0. The molecule has 0 spiro atoms. The summed E-state index contributed by atoms with van der Waals surface area (Å²) in [6, 6.07) is 8.03. The van der Waals surface area contributed by atoms with E-state index in [1.807, 2.05) is 6.07 Å². The Morgan fingerprint density at radius 2 is 2.15 bits per heavy atom. The monoisotopic (exact) mass is 278 g/mol. The van der Waals surface area contributed by atoms with E-state index in [2.05, 4.69) is 49.2 Å². The van der Waals surface area contributed by atoms with Gasteiger partial charge in [-0.25, -0.2) is 0 Å². The molecule has 1 unspecified atom stereocenters. The van der Waals surface area contributed by atoms with Crippen molar-refractivity contribution >= 4 is 11.7 Å². The van der Waals surface area contributed by atoms with Crippen molar-refractivity contribution in [3.05, 3.63) is 29.8 Å². The van der Waals surface area contributed by atoms with Crippen LogP contribution in [0.15, 0.2) is 24.3 Å². The van der Waals surface area contributed by atoms with Crippen molar-refractivity contribution in [3.8, 4) is 0 Å². The average Bonchev–Trinajstić information content (AvgIpc) is 2.46. The maximum Gasteiger partial charge on any atom is 0.324 e. The molecule has 4 nitrogen and oxygen atoms in total. The van der Waals surface area contributed by atoms with Crippen LogP contribution in [0, 0.1) is 6.92 Å².